The molecule has 1 N–H and O–H groups in total. The SMILES string of the molecule is CNc1ncc(Br)c(N2CCCN3CCCC3C2)n1. The summed E-state index contributed by atoms with van der Waals surface area (Å²) in [6, 6.07) is 0.697. The monoisotopic (exact) mass is 325 g/mol. The molecule has 0 aromatic carbocycles. The molecule has 1 aromatic rings. The Balaban J connectivity index is 1.84. The highest BCUT2D eigenvalue weighted by Crippen LogP contribution is 2.28. The number of anilines is 2. The number of rotatable bonds is 2. The van der Waals surface area contributed by atoms with Crippen molar-refractivity contribution < 1.29 is 0 Å². The first-order valence-corrected chi connectivity index (χ1v) is 7.76. The molecule has 2 saturated heterocycles. The van der Waals surface area contributed by atoms with Crippen LogP contribution in [0.2, 0.25) is 0 Å². The second-order valence-corrected chi connectivity index (χ2v) is 6.10. The van der Waals surface area contributed by atoms with Crippen LogP contribution >= 0.6 is 15.9 Å². The molecule has 0 spiro atoms. The van der Waals surface area contributed by atoms with Gasteiger partial charge in [0.2, 0.25) is 5.95 Å². The molecular formula is C13H20BrN5. The molecule has 2 fully saturated rings. The summed E-state index contributed by atoms with van der Waals surface area (Å²) in [5.41, 5.74) is 0. The van der Waals surface area contributed by atoms with Gasteiger partial charge in [0.05, 0.1) is 4.47 Å². The van der Waals surface area contributed by atoms with Crippen LogP contribution in [-0.2, 0) is 0 Å². The van der Waals surface area contributed by atoms with E-state index in [0.29, 0.717) is 12.0 Å². The highest BCUT2D eigenvalue weighted by atomic mass is 79.9. The fraction of sp³-hybridized carbons (Fsp3) is 0.692. The summed E-state index contributed by atoms with van der Waals surface area (Å²) in [7, 11) is 1.86. The van der Waals surface area contributed by atoms with E-state index in [1.54, 1.807) is 0 Å². The molecule has 6 heteroatoms. The van der Waals surface area contributed by atoms with Gasteiger partial charge in [-0.05, 0) is 41.7 Å². The van der Waals surface area contributed by atoms with Crippen molar-refractivity contribution in [3.05, 3.63) is 10.7 Å². The predicted octanol–water partition coefficient (Wildman–Crippen LogP) is 1.96. The van der Waals surface area contributed by atoms with Crippen molar-refractivity contribution in [3.8, 4) is 0 Å². The summed E-state index contributed by atoms with van der Waals surface area (Å²) in [5.74, 6) is 1.71. The first kappa shape index (κ1) is 13.1. The van der Waals surface area contributed by atoms with Crippen LogP contribution in [0.25, 0.3) is 0 Å². The average Bonchev–Trinajstić information content (AvgIpc) is 2.77. The van der Waals surface area contributed by atoms with Gasteiger partial charge in [0.15, 0.2) is 0 Å². The van der Waals surface area contributed by atoms with Crippen molar-refractivity contribution in [1.82, 2.24) is 14.9 Å². The second-order valence-electron chi connectivity index (χ2n) is 5.25. The third kappa shape index (κ3) is 2.69. The van der Waals surface area contributed by atoms with Crippen molar-refractivity contribution in [2.45, 2.75) is 25.3 Å². The van der Waals surface area contributed by atoms with E-state index in [0.717, 1.165) is 23.4 Å². The van der Waals surface area contributed by atoms with E-state index in [4.69, 9.17) is 0 Å². The fourth-order valence-electron chi connectivity index (χ4n) is 3.10. The lowest BCUT2D eigenvalue weighted by Crippen LogP contribution is -2.37. The largest absolute Gasteiger partial charge is 0.357 e. The second kappa shape index (κ2) is 5.63. The van der Waals surface area contributed by atoms with Gasteiger partial charge in [0.1, 0.15) is 5.82 Å². The minimum absolute atomic E-state index is 0.686. The Morgan fingerprint density at radius 3 is 3.00 bits per heavy atom. The molecule has 2 aliphatic heterocycles. The number of nitrogens with one attached hydrogen (secondary N) is 1. The number of hydrogen-bond acceptors (Lipinski definition) is 5. The molecule has 2 aliphatic rings. The van der Waals surface area contributed by atoms with Crippen molar-refractivity contribution >= 4 is 27.7 Å². The molecule has 19 heavy (non-hydrogen) atoms. The molecular weight excluding hydrogens is 306 g/mol. The van der Waals surface area contributed by atoms with E-state index < -0.39 is 0 Å². The highest BCUT2D eigenvalue weighted by Gasteiger charge is 2.29. The van der Waals surface area contributed by atoms with E-state index in [1.165, 1.54) is 32.4 Å². The van der Waals surface area contributed by atoms with Crippen LogP contribution in [0.3, 0.4) is 0 Å². The van der Waals surface area contributed by atoms with E-state index in [1.807, 2.05) is 13.2 Å². The maximum atomic E-state index is 4.61. The van der Waals surface area contributed by atoms with Crippen molar-refractivity contribution in [2.75, 3.05) is 43.4 Å². The van der Waals surface area contributed by atoms with Crippen LogP contribution in [0.15, 0.2) is 10.7 Å². The Hall–Kier alpha value is -0.880. The smallest absolute Gasteiger partial charge is 0.224 e. The number of fused-ring (bicyclic) bond motifs is 1. The Bertz CT molecular complexity index is 453. The normalized spacial score (nSPS) is 24.1. The molecule has 0 aliphatic carbocycles. The average molecular weight is 326 g/mol. The zero-order valence-corrected chi connectivity index (χ0v) is 12.9. The Morgan fingerprint density at radius 1 is 1.32 bits per heavy atom. The third-order valence-electron chi connectivity index (χ3n) is 4.05. The van der Waals surface area contributed by atoms with E-state index >= 15 is 0 Å². The topological polar surface area (TPSA) is 44.3 Å². The van der Waals surface area contributed by atoms with Crippen LogP contribution < -0.4 is 10.2 Å². The zero-order chi connectivity index (χ0) is 13.2. The Labute approximate surface area is 122 Å². The van der Waals surface area contributed by atoms with Gasteiger partial charge in [-0.3, -0.25) is 4.90 Å². The molecule has 3 rings (SSSR count). The van der Waals surface area contributed by atoms with Crippen LogP contribution in [0, 0.1) is 0 Å². The first-order chi connectivity index (χ1) is 9.28. The zero-order valence-electron chi connectivity index (χ0n) is 11.3. The van der Waals surface area contributed by atoms with Crippen LogP contribution in [0.1, 0.15) is 19.3 Å². The van der Waals surface area contributed by atoms with Gasteiger partial charge in [-0.1, -0.05) is 0 Å². The molecule has 0 bridgehead atoms. The summed E-state index contributed by atoms with van der Waals surface area (Å²) >= 11 is 3.59. The minimum Gasteiger partial charge on any atom is -0.357 e. The number of halogens is 1. The number of nitrogens with zero attached hydrogens (tertiary/aromatic N) is 4. The summed E-state index contributed by atoms with van der Waals surface area (Å²) in [4.78, 5) is 13.9. The molecule has 0 saturated carbocycles. The minimum atomic E-state index is 0.686. The van der Waals surface area contributed by atoms with Gasteiger partial charge >= 0.3 is 0 Å². The molecule has 5 nitrogen and oxygen atoms in total. The van der Waals surface area contributed by atoms with E-state index in [-0.39, 0.29) is 0 Å². The van der Waals surface area contributed by atoms with Gasteiger partial charge in [0, 0.05) is 38.9 Å². The summed E-state index contributed by atoms with van der Waals surface area (Å²) < 4.78 is 0.984. The molecule has 1 unspecified atom stereocenters. The summed E-state index contributed by atoms with van der Waals surface area (Å²) in [6.45, 7) is 4.65. The maximum Gasteiger partial charge on any atom is 0.224 e. The lowest BCUT2D eigenvalue weighted by Gasteiger charge is -2.27. The van der Waals surface area contributed by atoms with Gasteiger partial charge in [0.25, 0.3) is 0 Å². The van der Waals surface area contributed by atoms with Gasteiger partial charge < -0.3 is 10.2 Å². The predicted molar refractivity (Wildman–Crippen MR) is 80.7 cm³/mol. The molecule has 1 aromatic heterocycles. The summed E-state index contributed by atoms with van der Waals surface area (Å²) in [5, 5.41) is 3.02. The Morgan fingerprint density at radius 2 is 2.16 bits per heavy atom. The van der Waals surface area contributed by atoms with Crippen molar-refractivity contribution in [3.63, 3.8) is 0 Å². The third-order valence-corrected chi connectivity index (χ3v) is 4.61. The molecule has 104 valence electrons. The molecule has 0 amide bonds. The van der Waals surface area contributed by atoms with Crippen LogP contribution in [0.5, 0.6) is 0 Å². The standard InChI is InChI=1S/C13H20BrN5/c1-15-13-16-8-11(14)12(17-13)19-7-3-6-18-5-2-4-10(18)9-19/h8,10H,2-7,9H2,1H3,(H,15,16,17). The van der Waals surface area contributed by atoms with Gasteiger partial charge in [-0.2, -0.15) is 4.98 Å². The molecule has 3 heterocycles. The highest BCUT2D eigenvalue weighted by molar-refractivity contribution is 9.10. The van der Waals surface area contributed by atoms with Gasteiger partial charge in [-0.15, -0.1) is 0 Å². The summed E-state index contributed by atoms with van der Waals surface area (Å²) in [6.07, 6.45) is 5.70. The number of hydrogen-bond donors (Lipinski definition) is 1. The fourth-order valence-corrected chi connectivity index (χ4v) is 3.54. The van der Waals surface area contributed by atoms with E-state index in [2.05, 4.69) is 41.0 Å². The van der Waals surface area contributed by atoms with Gasteiger partial charge in [-0.25, -0.2) is 4.98 Å². The maximum absolute atomic E-state index is 4.61. The molecule has 0 radical (unpaired) electrons. The van der Waals surface area contributed by atoms with Crippen molar-refractivity contribution in [1.29, 1.82) is 0 Å². The Kier molecular flexibility index (Phi) is 3.88. The first-order valence-electron chi connectivity index (χ1n) is 6.97. The van der Waals surface area contributed by atoms with Crippen molar-refractivity contribution in [2.24, 2.45) is 0 Å². The number of aromatic nitrogens is 2. The van der Waals surface area contributed by atoms with Crippen LogP contribution in [0.4, 0.5) is 11.8 Å². The lowest BCUT2D eigenvalue weighted by molar-refractivity contribution is 0.273. The lowest BCUT2D eigenvalue weighted by atomic mass is 10.2. The van der Waals surface area contributed by atoms with E-state index in [9.17, 15) is 0 Å². The quantitative estimate of drug-likeness (QED) is 0.900. The molecule has 1 atom stereocenters. The van der Waals surface area contributed by atoms with Crippen LogP contribution in [-0.4, -0.2) is 54.1 Å².